The van der Waals surface area contributed by atoms with Crippen LogP contribution >= 0.6 is 0 Å². The van der Waals surface area contributed by atoms with Gasteiger partial charge in [0, 0.05) is 6.92 Å². The molecule has 0 fully saturated rings. The second-order valence-electron chi connectivity index (χ2n) is 1.70. The molecule has 0 aromatic carbocycles. The molecule has 8 heavy (non-hydrogen) atoms. The van der Waals surface area contributed by atoms with Crippen LogP contribution in [0.25, 0.3) is 0 Å². The molecule has 1 heterocycles. The molecule has 0 N–H and O–H groups in total. The van der Waals surface area contributed by atoms with Crippen LogP contribution in [-0.4, -0.2) is 15.8 Å². The van der Waals surface area contributed by atoms with Crippen LogP contribution in [0.5, 0.6) is 0 Å². The zero-order valence-electron chi connectivity index (χ0n) is 4.97. The lowest BCUT2D eigenvalue weighted by Gasteiger charge is -2.08. The number of ketones is 1. The molecule has 0 aromatic rings. The maximum atomic E-state index is 5.05. The van der Waals surface area contributed by atoms with Crippen LogP contribution in [0, 0.1) is 0 Å². The first-order valence-corrected chi connectivity index (χ1v) is 3.40. The van der Waals surface area contributed by atoms with Crippen molar-refractivity contribution in [1.82, 2.24) is 0 Å². The summed E-state index contributed by atoms with van der Waals surface area (Å²) in [7, 11) is -0.267. The van der Waals surface area contributed by atoms with E-state index in [0.29, 0.717) is 0 Å². The molecule has 0 bridgehead atoms. The monoisotopic (exact) mass is 128 g/mol. The van der Waals surface area contributed by atoms with E-state index in [9.17, 15) is 0 Å². The minimum atomic E-state index is -0.267. The molecule has 0 aliphatic carbocycles. The van der Waals surface area contributed by atoms with E-state index in [1.54, 1.807) is 0 Å². The van der Waals surface area contributed by atoms with Gasteiger partial charge in [0.05, 0.1) is 11.8 Å². The number of allylic oxidation sites excluding steroid dienone is 2. The molecule has 1 aliphatic heterocycles. The summed E-state index contributed by atoms with van der Waals surface area (Å²) in [6.07, 6.45) is 1.89. The van der Waals surface area contributed by atoms with E-state index in [1.165, 1.54) is 0 Å². The van der Waals surface area contributed by atoms with Gasteiger partial charge in [-0.25, -0.2) is 0 Å². The van der Waals surface area contributed by atoms with E-state index in [-0.39, 0.29) is 10.0 Å². The molecule has 1 rings (SSSR count). The molecular formula is C5H8O2Si. The first-order chi connectivity index (χ1) is 3.79. The van der Waals surface area contributed by atoms with Crippen molar-refractivity contribution in [3.05, 3.63) is 11.8 Å². The highest BCUT2D eigenvalue weighted by atomic mass is 28.2. The Hall–Kier alpha value is -0.573. The second-order valence-corrected chi connectivity index (χ2v) is 2.36. The molecule has 0 unspecified atom stereocenters. The molecule has 0 amide bonds. The Morgan fingerprint density at radius 1 is 1.62 bits per heavy atom. The van der Waals surface area contributed by atoms with Crippen molar-refractivity contribution in [3.63, 3.8) is 0 Å². The molecule has 44 valence electrons. The molecular weight excluding hydrogens is 120 g/mol. The SMILES string of the molecule is CC1=CC(C)=[O+][SiH-]O1. The summed E-state index contributed by atoms with van der Waals surface area (Å²) in [5, 5.41) is 0. The highest BCUT2D eigenvalue weighted by Gasteiger charge is 2.01. The lowest BCUT2D eigenvalue weighted by atomic mass is 10.4. The third-order valence-electron chi connectivity index (χ3n) is 0.875. The van der Waals surface area contributed by atoms with E-state index >= 15 is 0 Å². The van der Waals surface area contributed by atoms with Crippen molar-refractivity contribution in [1.29, 1.82) is 0 Å². The Labute approximate surface area is 50.9 Å². The first-order valence-electron chi connectivity index (χ1n) is 2.46. The van der Waals surface area contributed by atoms with Gasteiger partial charge < -0.3 is 8.54 Å². The zero-order valence-corrected chi connectivity index (χ0v) is 6.13. The van der Waals surface area contributed by atoms with Gasteiger partial charge in [-0.1, -0.05) is 0 Å². The molecule has 0 aromatic heterocycles. The summed E-state index contributed by atoms with van der Waals surface area (Å²) in [4.78, 5) is 0. The molecule has 1 aliphatic rings. The van der Waals surface area contributed by atoms with Crippen molar-refractivity contribution in [2.45, 2.75) is 13.8 Å². The van der Waals surface area contributed by atoms with Crippen molar-refractivity contribution in [3.8, 4) is 0 Å². The van der Waals surface area contributed by atoms with Crippen molar-refractivity contribution in [2.24, 2.45) is 0 Å². The highest BCUT2D eigenvalue weighted by molar-refractivity contribution is 6.18. The van der Waals surface area contributed by atoms with Crippen LogP contribution in [0.15, 0.2) is 11.8 Å². The van der Waals surface area contributed by atoms with Crippen LogP contribution in [0.3, 0.4) is 0 Å². The fourth-order valence-electron chi connectivity index (χ4n) is 0.530. The fraction of sp³-hybridized carbons (Fsp3) is 0.400. The van der Waals surface area contributed by atoms with Crippen molar-refractivity contribution in [2.75, 3.05) is 0 Å². The molecule has 0 spiro atoms. The number of hydrogen-bond acceptors (Lipinski definition) is 1. The summed E-state index contributed by atoms with van der Waals surface area (Å²) in [5.74, 6) is 1.92. The van der Waals surface area contributed by atoms with Gasteiger partial charge in [0.15, 0.2) is 0 Å². The highest BCUT2D eigenvalue weighted by Crippen LogP contribution is 1.97. The second kappa shape index (κ2) is 2.13. The van der Waals surface area contributed by atoms with Crippen LogP contribution in [0.4, 0.5) is 0 Å². The van der Waals surface area contributed by atoms with E-state index < -0.39 is 0 Å². The van der Waals surface area contributed by atoms with Gasteiger partial charge in [0.2, 0.25) is 0 Å². The number of carbonyl (C=O) groups excluding carboxylic acids is 1. The number of rotatable bonds is 0. The van der Waals surface area contributed by atoms with E-state index in [0.717, 1.165) is 11.5 Å². The summed E-state index contributed by atoms with van der Waals surface area (Å²) < 4.78 is 10.1. The third-order valence-corrected chi connectivity index (χ3v) is 1.81. The Kier molecular flexibility index (Phi) is 1.48. The smallest absolute Gasteiger partial charge is 0.440 e. The van der Waals surface area contributed by atoms with Gasteiger partial charge in [-0.05, 0) is 6.92 Å². The lowest BCUT2D eigenvalue weighted by Crippen LogP contribution is -2.09. The number of hydrogen-bond donors (Lipinski definition) is 0. The average Bonchev–Trinajstić information content (AvgIpc) is 1.64. The van der Waals surface area contributed by atoms with Gasteiger partial charge in [0.25, 0.3) is 5.78 Å². The topological polar surface area (TPSA) is 20.5 Å². The molecule has 0 atom stereocenters. The van der Waals surface area contributed by atoms with Gasteiger partial charge in [-0.15, -0.1) is 0 Å². The minimum absolute atomic E-state index is 0.267. The van der Waals surface area contributed by atoms with E-state index in [4.69, 9.17) is 8.54 Å². The molecule has 0 saturated heterocycles. The van der Waals surface area contributed by atoms with Gasteiger partial charge in [-0.3, -0.25) is 0 Å². The summed E-state index contributed by atoms with van der Waals surface area (Å²) in [6, 6.07) is 0. The predicted molar refractivity (Wildman–Crippen MR) is 32.7 cm³/mol. The minimum Gasteiger partial charge on any atom is -0.621 e. The van der Waals surface area contributed by atoms with Crippen molar-refractivity contribution < 1.29 is 8.54 Å². The Morgan fingerprint density at radius 2 is 2.38 bits per heavy atom. The first kappa shape index (κ1) is 5.56. The summed E-state index contributed by atoms with van der Waals surface area (Å²) in [6.45, 7) is 3.86. The summed E-state index contributed by atoms with van der Waals surface area (Å²) >= 11 is 0. The van der Waals surface area contributed by atoms with Crippen LogP contribution in [0.2, 0.25) is 0 Å². The maximum absolute atomic E-state index is 5.05. The molecule has 0 saturated carbocycles. The van der Waals surface area contributed by atoms with Crippen molar-refractivity contribution >= 4 is 15.8 Å². The van der Waals surface area contributed by atoms with E-state index in [2.05, 4.69) is 0 Å². The maximum Gasteiger partial charge on any atom is 0.440 e. The zero-order chi connectivity index (χ0) is 5.98. The van der Waals surface area contributed by atoms with E-state index in [1.807, 2.05) is 19.9 Å². The quantitative estimate of drug-likeness (QED) is 0.340. The largest absolute Gasteiger partial charge is 0.621 e. The van der Waals surface area contributed by atoms with Gasteiger partial charge in [-0.2, -0.15) is 0 Å². The van der Waals surface area contributed by atoms with Crippen LogP contribution in [0.1, 0.15) is 13.8 Å². The standard InChI is InChI=1S/C5H8O2Si/c1-4-3-5(2)7-8-6-4/h3,8H,1-2H3. The predicted octanol–water partition coefficient (Wildman–Crippen LogP) is 0.312. The third kappa shape index (κ3) is 1.20. The Balaban J connectivity index is 2.69. The van der Waals surface area contributed by atoms with Crippen LogP contribution < -0.4 is 0 Å². The molecule has 0 radical (unpaired) electrons. The lowest BCUT2D eigenvalue weighted by molar-refractivity contribution is -0.304. The normalized spacial score (nSPS) is 17.8. The van der Waals surface area contributed by atoms with Gasteiger partial charge in [0.1, 0.15) is 0 Å². The Bertz CT molecular complexity index is 149. The van der Waals surface area contributed by atoms with Crippen LogP contribution in [-0.2, 0) is 8.54 Å². The fourth-order valence-corrected chi connectivity index (χ4v) is 1.02. The molecule has 3 heteroatoms. The molecule has 2 nitrogen and oxygen atoms in total. The Morgan fingerprint density at radius 3 is 2.75 bits per heavy atom. The summed E-state index contributed by atoms with van der Waals surface area (Å²) in [5.41, 5.74) is 0. The average molecular weight is 128 g/mol. The van der Waals surface area contributed by atoms with Gasteiger partial charge >= 0.3 is 10.0 Å².